The maximum absolute atomic E-state index is 10.3. The first-order valence-corrected chi connectivity index (χ1v) is 8.05. The van der Waals surface area contributed by atoms with Gasteiger partial charge in [0.15, 0.2) is 0 Å². The van der Waals surface area contributed by atoms with Crippen LogP contribution in [0.3, 0.4) is 0 Å². The zero-order valence-corrected chi connectivity index (χ0v) is 13.9. The number of rotatable bonds is 5. The molecule has 0 saturated heterocycles. The van der Waals surface area contributed by atoms with E-state index in [1.54, 1.807) is 18.4 Å². The molecule has 1 aromatic heterocycles. The predicted octanol–water partition coefficient (Wildman–Crippen LogP) is 4.12. The lowest BCUT2D eigenvalue weighted by molar-refractivity contribution is 0.163. The molecule has 3 nitrogen and oxygen atoms in total. The van der Waals surface area contributed by atoms with Crippen molar-refractivity contribution in [3.63, 3.8) is 0 Å². The third kappa shape index (κ3) is 4.29. The number of aliphatic hydroxyl groups excluding tert-OH is 1. The number of aromatic nitrogens is 1. The minimum absolute atomic E-state index is 0.0403. The third-order valence-electron chi connectivity index (χ3n) is 3.37. The zero-order chi connectivity index (χ0) is 15.5. The van der Waals surface area contributed by atoms with Crippen LogP contribution in [0.25, 0.3) is 0 Å². The number of hydrogen-bond acceptors (Lipinski definition) is 4. The van der Waals surface area contributed by atoms with Crippen molar-refractivity contribution in [1.29, 1.82) is 0 Å². The Bertz CT molecular complexity index is 569. The van der Waals surface area contributed by atoms with Crippen LogP contribution in [0.1, 0.15) is 49.6 Å². The summed E-state index contributed by atoms with van der Waals surface area (Å²) < 4.78 is 5.14. The van der Waals surface area contributed by atoms with Crippen molar-refractivity contribution >= 4 is 11.3 Å². The van der Waals surface area contributed by atoms with Gasteiger partial charge in [0, 0.05) is 10.8 Å². The lowest BCUT2D eigenvalue weighted by Crippen LogP contribution is -2.11. The molecular weight excluding hydrogens is 282 g/mol. The van der Waals surface area contributed by atoms with E-state index >= 15 is 0 Å². The molecule has 2 rings (SSSR count). The Kier molecular flexibility index (Phi) is 5.01. The van der Waals surface area contributed by atoms with Gasteiger partial charge in [0.2, 0.25) is 0 Å². The number of hydrogen-bond donors (Lipinski definition) is 1. The van der Waals surface area contributed by atoms with Crippen LogP contribution in [0, 0.1) is 0 Å². The molecule has 0 radical (unpaired) electrons. The average molecular weight is 305 g/mol. The highest BCUT2D eigenvalue weighted by Crippen LogP contribution is 2.29. The van der Waals surface area contributed by atoms with Gasteiger partial charge in [-0.2, -0.15) is 0 Å². The summed E-state index contributed by atoms with van der Waals surface area (Å²) in [7, 11) is 1.66. The van der Waals surface area contributed by atoms with Gasteiger partial charge >= 0.3 is 0 Å². The molecule has 2 aromatic rings. The molecule has 0 aliphatic carbocycles. The van der Waals surface area contributed by atoms with E-state index in [1.165, 1.54) is 5.56 Å². The predicted molar refractivity (Wildman–Crippen MR) is 87.1 cm³/mol. The molecule has 114 valence electrons. The van der Waals surface area contributed by atoms with Gasteiger partial charge in [0.1, 0.15) is 5.75 Å². The van der Waals surface area contributed by atoms with Gasteiger partial charge in [0.05, 0.1) is 23.9 Å². The fourth-order valence-electron chi connectivity index (χ4n) is 2.03. The van der Waals surface area contributed by atoms with Crippen molar-refractivity contribution in [1.82, 2.24) is 4.98 Å². The number of aryl methyl sites for hydroxylation is 1. The van der Waals surface area contributed by atoms with Crippen molar-refractivity contribution in [3.05, 3.63) is 45.9 Å². The van der Waals surface area contributed by atoms with E-state index < -0.39 is 6.10 Å². The summed E-state index contributed by atoms with van der Waals surface area (Å²) in [5.74, 6) is 0.855. The van der Waals surface area contributed by atoms with Crippen LogP contribution in [-0.2, 0) is 11.8 Å². The molecule has 1 unspecified atom stereocenters. The second-order valence-corrected chi connectivity index (χ2v) is 7.09. The molecule has 1 N–H and O–H groups in total. The van der Waals surface area contributed by atoms with Gasteiger partial charge in [-0.15, -0.1) is 11.3 Å². The van der Waals surface area contributed by atoms with E-state index in [-0.39, 0.29) is 5.41 Å². The Hall–Kier alpha value is -1.39. The summed E-state index contributed by atoms with van der Waals surface area (Å²) >= 11 is 1.62. The molecule has 4 heteroatoms. The van der Waals surface area contributed by atoms with E-state index in [0.29, 0.717) is 6.42 Å². The summed E-state index contributed by atoms with van der Waals surface area (Å²) in [5, 5.41) is 13.3. The molecule has 0 amide bonds. The molecule has 0 bridgehead atoms. The molecule has 0 saturated carbocycles. The fourth-order valence-corrected chi connectivity index (χ4v) is 2.98. The van der Waals surface area contributed by atoms with Crippen molar-refractivity contribution in [3.8, 4) is 5.75 Å². The van der Waals surface area contributed by atoms with Crippen LogP contribution in [0.2, 0.25) is 0 Å². The van der Waals surface area contributed by atoms with Gasteiger partial charge in [-0.25, -0.2) is 4.98 Å². The molecule has 1 heterocycles. The standard InChI is InChI=1S/C17H23NO2S/c1-17(2,3)16-18-14(11-21-16)15(19)10-7-12-5-8-13(20-4)9-6-12/h5-6,8-9,11,15,19H,7,10H2,1-4H3. The first kappa shape index (κ1) is 16.0. The van der Waals surface area contributed by atoms with Gasteiger partial charge in [-0.1, -0.05) is 32.9 Å². The van der Waals surface area contributed by atoms with Crippen molar-refractivity contribution < 1.29 is 9.84 Å². The number of methoxy groups -OCH3 is 1. The fraction of sp³-hybridized carbons (Fsp3) is 0.471. The third-order valence-corrected chi connectivity index (χ3v) is 4.66. The Morgan fingerprint density at radius 2 is 1.90 bits per heavy atom. The van der Waals surface area contributed by atoms with Crippen LogP contribution >= 0.6 is 11.3 Å². The summed E-state index contributed by atoms with van der Waals surface area (Å²) in [5.41, 5.74) is 2.03. The Labute approximate surface area is 130 Å². The van der Waals surface area contributed by atoms with Crippen LogP contribution in [0.15, 0.2) is 29.6 Å². The smallest absolute Gasteiger partial charge is 0.118 e. The summed E-state index contributed by atoms with van der Waals surface area (Å²) in [6.07, 6.45) is 1.01. The summed E-state index contributed by atoms with van der Waals surface area (Å²) in [6, 6.07) is 7.96. The van der Waals surface area contributed by atoms with E-state index in [2.05, 4.69) is 25.8 Å². The van der Waals surface area contributed by atoms with Crippen LogP contribution in [0.5, 0.6) is 5.75 Å². The van der Waals surface area contributed by atoms with Gasteiger partial charge in [-0.3, -0.25) is 0 Å². The number of aliphatic hydroxyl groups is 1. The van der Waals surface area contributed by atoms with Gasteiger partial charge in [-0.05, 0) is 30.5 Å². The number of nitrogens with zero attached hydrogens (tertiary/aromatic N) is 1. The molecule has 1 aromatic carbocycles. The maximum Gasteiger partial charge on any atom is 0.118 e. The van der Waals surface area contributed by atoms with Gasteiger partial charge in [0.25, 0.3) is 0 Å². The molecule has 0 aliphatic heterocycles. The molecular formula is C17H23NO2S. The second kappa shape index (κ2) is 6.58. The Morgan fingerprint density at radius 1 is 1.24 bits per heavy atom. The Morgan fingerprint density at radius 3 is 2.43 bits per heavy atom. The summed E-state index contributed by atoms with van der Waals surface area (Å²) in [6.45, 7) is 6.41. The molecule has 0 aliphatic rings. The van der Waals surface area contributed by atoms with E-state index in [4.69, 9.17) is 4.74 Å². The van der Waals surface area contributed by atoms with Crippen molar-refractivity contribution in [2.75, 3.05) is 7.11 Å². The first-order chi connectivity index (χ1) is 9.90. The van der Waals surface area contributed by atoms with E-state index in [1.807, 2.05) is 29.6 Å². The molecule has 0 fully saturated rings. The van der Waals surface area contributed by atoms with E-state index in [0.717, 1.165) is 22.9 Å². The zero-order valence-electron chi connectivity index (χ0n) is 13.1. The quantitative estimate of drug-likeness (QED) is 0.903. The minimum atomic E-state index is -0.501. The van der Waals surface area contributed by atoms with Crippen molar-refractivity contribution in [2.45, 2.75) is 45.1 Å². The molecule has 0 spiro atoms. The topological polar surface area (TPSA) is 42.4 Å². The monoisotopic (exact) mass is 305 g/mol. The number of thiazole rings is 1. The van der Waals surface area contributed by atoms with Crippen LogP contribution in [0.4, 0.5) is 0 Å². The normalized spacial score (nSPS) is 13.2. The van der Waals surface area contributed by atoms with E-state index in [9.17, 15) is 5.11 Å². The molecule has 1 atom stereocenters. The van der Waals surface area contributed by atoms with Crippen LogP contribution in [-0.4, -0.2) is 17.2 Å². The lowest BCUT2D eigenvalue weighted by Gasteiger charge is -2.14. The minimum Gasteiger partial charge on any atom is -0.497 e. The second-order valence-electron chi connectivity index (χ2n) is 6.23. The molecule has 21 heavy (non-hydrogen) atoms. The highest BCUT2D eigenvalue weighted by molar-refractivity contribution is 7.09. The average Bonchev–Trinajstić information content (AvgIpc) is 2.95. The largest absolute Gasteiger partial charge is 0.497 e. The maximum atomic E-state index is 10.3. The summed E-state index contributed by atoms with van der Waals surface area (Å²) in [4.78, 5) is 4.57. The highest BCUT2D eigenvalue weighted by atomic mass is 32.1. The van der Waals surface area contributed by atoms with Gasteiger partial charge < -0.3 is 9.84 Å². The Balaban J connectivity index is 1.94. The SMILES string of the molecule is COc1ccc(CCC(O)c2csc(C(C)(C)C)n2)cc1. The number of benzene rings is 1. The highest BCUT2D eigenvalue weighted by Gasteiger charge is 2.20. The van der Waals surface area contributed by atoms with Crippen LogP contribution < -0.4 is 4.74 Å². The van der Waals surface area contributed by atoms with Crippen molar-refractivity contribution in [2.24, 2.45) is 0 Å². The first-order valence-electron chi connectivity index (χ1n) is 7.17. The lowest BCUT2D eigenvalue weighted by atomic mass is 9.98. The number of ether oxygens (including phenoxy) is 1.